The Bertz CT molecular complexity index is 1050. The number of hydrogen-bond donors (Lipinski definition) is 2. The molecule has 0 spiro atoms. The van der Waals surface area contributed by atoms with Crippen molar-refractivity contribution >= 4 is 51.6 Å². The van der Waals surface area contributed by atoms with E-state index in [4.69, 9.17) is 11.6 Å². The number of halogens is 1. The molecule has 2 heterocycles. The van der Waals surface area contributed by atoms with Crippen LogP contribution in [-0.2, 0) is 11.3 Å². The van der Waals surface area contributed by atoms with Crippen LogP contribution in [-0.4, -0.2) is 37.3 Å². The van der Waals surface area contributed by atoms with Crippen LogP contribution in [0.1, 0.15) is 41.8 Å². The van der Waals surface area contributed by atoms with Crippen molar-refractivity contribution in [3.05, 3.63) is 51.7 Å². The largest absolute Gasteiger partial charge is 0.342 e. The van der Waals surface area contributed by atoms with E-state index in [0.29, 0.717) is 33.2 Å². The third-order valence-electron chi connectivity index (χ3n) is 4.11. The lowest BCUT2D eigenvalue weighted by Gasteiger charge is -2.15. The number of thiazole rings is 1. The van der Waals surface area contributed by atoms with Crippen molar-refractivity contribution in [2.24, 2.45) is 0 Å². The van der Waals surface area contributed by atoms with Gasteiger partial charge in [0.15, 0.2) is 16.1 Å². The average molecular weight is 465 g/mol. The highest BCUT2D eigenvalue weighted by Gasteiger charge is 2.21. The summed E-state index contributed by atoms with van der Waals surface area (Å²) in [6, 6.07) is 6.47. The fourth-order valence-corrected chi connectivity index (χ4v) is 4.44. The van der Waals surface area contributed by atoms with Gasteiger partial charge in [0.1, 0.15) is 0 Å². The summed E-state index contributed by atoms with van der Waals surface area (Å²) < 4.78 is 1.88. The van der Waals surface area contributed by atoms with E-state index in [-0.39, 0.29) is 23.6 Å². The molecule has 2 aromatic heterocycles. The minimum Gasteiger partial charge on any atom is -0.342 e. The minimum absolute atomic E-state index is 0.165. The third kappa shape index (κ3) is 5.38. The van der Waals surface area contributed by atoms with Gasteiger partial charge in [0.05, 0.1) is 28.1 Å². The second-order valence-corrected chi connectivity index (χ2v) is 8.60. The SMILES string of the molecule is CCn1c(SCC(=O)Nc2nc(C)cs2)nnc1[C@@H](C)NC(=O)c1ccccc1Cl. The highest BCUT2D eigenvalue weighted by atomic mass is 35.5. The Morgan fingerprint density at radius 3 is 2.73 bits per heavy atom. The number of nitrogens with zero attached hydrogens (tertiary/aromatic N) is 4. The number of aryl methyl sites for hydroxylation is 1. The standard InChI is InChI=1S/C19H21ClN6O2S2/c1-4-26-16(12(3)22-17(28)13-7-5-6-8-14(13)20)24-25-19(26)30-10-15(27)23-18-21-11(2)9-29-18/h5-9,12H,4,10H2,1-3H3,(H,22,28)(H,21,23,27)/t12-/m1/s1. The van der Waals surface area contributed by atoms with Crippen LogP contribution in [0.25, 0.3) is 0 Å². The van der Waals surface area contributed by atoms with Crippen LogP contribution in [0.5, 0.6) is 0 Å². The van der Waals surface area contributed by atoms with Crippen LogP contribution in [0.2, 0.25) is 5.02 Å². The molecular formula is C19H21ClN6O2S2. The molecule has 1 aromatic carbocycles. The van der Waals surface area contributed by atoms with Crippen molar-refractivity contribution in [2.45, 2.75) is 38.5 Å². The Hall–Kier alpha value is -2.43. The predicted octanol–water partition coefficient (Wildman–Crippen LogP) is 3.94. The number of anilines is 1. The zero-order chi connectivity index (χ0) is 21.7. The van der Waals surface area contributed by atoms with Crippen LogP contribution in [0.15, 0.2) is 34.8 Å². The maximum atomic E-state index is 12.5. The molecule has 0 aliphatic carbocycles. The Labute approximate surface area is 187 Å². The number of carbonyl (C=O) groups is 2. The molecule has 0 saturated heterocycles. The van der Waals surface area contributed by atoms with E-state index < -0.39 is 0 Å². The molecule has 0 radical (unpaired) electrons. The average Bonchev–Trinajstić information content (AvgIpc) is 3.32. The Morgan fingerprint density at radius 1 is 1.30 bits per heavy atom. The zero-order valence-corrected chi connectivity index (χ0v) is 19.1. The molecule has 0 aliphatic rings. The zero-order valence-electron chi connectivity index (χ0n) is 16.7. The lowest BCUT2D eigenvalue weighted by molar-refractivity contribution is -0.113. The first kappa shape index (κ1) is 22.3. The molecule has 1 atom stereocenters. The van der Waals surface area contributed by atoms with E-state index in [1.54, 1.807) is 24.3 Å². The van der Waals surface area contributed by atoms with Gasteiger partial charge in [0.2, 0.25) is 5.91 Å². The molecule has 2 N–H and O–H groups in total. The Kier molecular flexibility index (Phi) is 7.46. The summed E-state index contributed by atoms with van der Waals surface area (Å²) >= 11 is 8.77. The van der Waals surface area contributed by atoms with Crippen molar-refractivity contribution in [1.29, 1.82) is 0 Å². The van der Waals surface area contributed by atoms with E-state index in [0.717, 1.165) is 5.69 Å². The fourth-order valence-electron chi connectivity index (χ4n) is 2.71. The molecule has 0 bridgehead atoms. The number of hydrogen-bond acceptors (Lipinski definition) is 7. The minimum atomic E-state index is -0.386. The van der Waals surface area contributed by atoms with E-state index in [9.17, 15) is 9.59 Å². The number of nitrogens with one attached hydrogen (secondary N) is 2. The van der Waals surface area contributed by atoms with Crippen molar-refractivity contribution in [1.82, 2.24) is 25.1 Å². The summed E-state index contributed by atoms with van der Waals surface area (Å²) in [7, 11) is 0. The highest BCUT2D eigenvalue weighted by Crippen LogP contribution is 2.22. The predicted molar refractivity (Wildman–Crippen MR) is 119 cm³/mol. The van der Waals surface area contributed by atoms with Crippen LogP contribution in [0, 0.1) is 6.92 Å². The maximum absolute atomic E-state index is 12.5. The van der Waals surface area contributed by atoms with Crippen molar-refractivity contribution < 1.29 is 9.59 Å². The smallest absolute Gasteiger partial charge is 0.253 e. The van der Waals surface area contributed by atoms with Gasteiger partial charge in [-0.3, -0.25) is 9.59 Å². The lowest BCUT2D eigenvalue weighted by Crippen LogP contribution is -2.29. The van der Waals surface area contributed by atoms with Crippen LogP contribution >= 0.6 is 34.7 Å². The normalized spacial score (nSPS) is 11.9. The number of thioether (sulfide) groups is 1. The lowest BCUT2D eigenvalue weighted by atomic mass is 10.2. The van der Waals surface area contributed by atoms with Crippen molar-refractivity contribution in [3.63, 3.8) is 0 Å². The van der Waals surface area contributed by atoms with E-state index in [2.05, 4.69) is 25.8 Å². The van der Waals surface area contributed by atoms with Gasteiger partial charge in [-0.25, -0.2) is 4.98 Å². The molecule has 8 nitrogen and oxygen atoms in total. The van der Waals surface area contributed by atoms with Gasteiger partial charge in [-0.1, -0.05) is 35.5 Å². The molecule has 0 saturated carbocycles. The summed E-state index contributed by atoms with van der Waals surface area (Å²) in [5.74, 6) is 0.334. The molecule has 2 amide bonds. The third-order valence-corrected chi connectivity index (χ3v) is 6.28. The first-order valence-electron chi connectivity index (χ1n) is 9.22. The van der Waals surface area contributed by atoms with Crippen LogP contribution < -0.4 is 10.6 Å². The number of rotatable bonds is 8. The number of amides is 2. The van der Waals surface area contributed by atoms with Gasteiger partial charge in [0.25, 0.3) is 5.91 Å². The second-order valence-electron chi connectivity index (χ2n) is 6.39. The van der Waals surface area contributed by atoms with Gasteiger partial charge in [-0.05, 0) is 32.9 Å². The van der Waals surface area contributed by atoms with Gasteiger partial charge >= 0.3 is 0 Å². The topological polar surface area (TPSA) is 102 Å². The Morgan fingerprint density at radius 2 is 2.07 bits per heavy atom. The van der Waals surface area contributed by atoms with Gasteiger partial charge in [-0.15, -0.1) is 21.5 Å². The molecule has 11 heteroatoms. The van der Waals surface area contributed by atoms with Gasteiger partial charge in [0, 0.05) is 11.9 Å². The van der Waals surface area contributed by atoms with E-state index in [1.807, 2.05) is 30.7 Å². The van der Waals surface area contributed by atoms with E-state index in [1.165, 1.54) is 23.1 Å². The highest BCUT2D eigenvalue weighted by molar-refractivity contribution is 7.99. The quantitative estimate of drug-likeness (QED) is 0.489. The van der Waals surface area contributed by atoms with E-state index >= 15 is 0 Å². The monoisotopic (exact) mass is 464 g/mol. The summed E-state index contributed by atoms with van der Waals surface area (Å²) in [6.45, 7) is 6.26. The molecule has 0 fully saturated rings. The molecule has 0 unspecified atom stereocenters. The van der Waals surface area contributed by atoms with Crippen LogP contribution in [0.3, 0.4) is 0 Å². The molecule has 0 aliphatic heterocycles. The molecule has 158 valence electrons. The first-order valence-corrected chi connectivity index (χ1v) is 11.5. The molecule has 3 rings (SSSR count). The number of carbonyl (C=O) groups excluding carboxylic acids is 2. The molecule has 30 heavy (non-hydrogen) atoms. The number of aromatic nitrogens is 4. The van der Waals surface area contributed by atoms with Gasteiger partial charge < -0.3 is 15.2 Å². The first-order chi connectivity index (χ1) is 14.4. The second kappa shape index (κ2) is 10.1. The van der Waals surface area contributed by atoms with Crippen molar-refractivity contribution in [3.8, 4) is 0 Å². The molecular weight excluding hydrogens is 444 g/mol. The van der Waals surface area contributed by atoms with Crippen LogP contribution in [0.4, 0.5) is 5.13 Å². The summed E-state index contributed by atoms with van der Waals surface area (Å²) in [5, 5.41) is 17.5. The number of benzene rings is 1. The molecule has 3 aromatic rings. The fraction of sp³-hybridized carbons (Fsp3) is 0.316. The Balaban J connectivity index is 1.63. The van der Waals surface area contributed by atoms with Crippen molar-refractivity contribution in [2.75, 3.05) is 11.1 Å². The van der Waals surface area contributed by atoms with Gasteiger partial charge in [-0.2, -0.15) is 0 Å². The summed E-state index contributed by atoms with van der Waals surface area (Å²) in [6.07, 6.45) is 0. The maximum Gasteiger partial charge on any atom is 0.253 e. The summed E-state index contributed by atoms with van der Waals surface area (Å²) in [4.78, 5) is 28.9. The summed E-state index contributed by atoms with van der Waals surface area (Å²) in [5.41, 5.74) is 1.27.